The molecule has 138 valence electrons. The minimum atomic E-state index is 0.314. The zero-order chi connectivity index (χ0) is 16.9. The number of aromatic nitrogens is 3. The van der Waals surface area contributed by atoms with Crippen LogP contribution in [0, 0.1) is 35.5 Å². The van der Waals surface area contributed by atoms with Gasteiger partial charge in [-0.1, -0.05) is 0 Å². The molecule has 0 N–H and O–H groups in total. The third-order valence-corrected chi connectivity index (χ3v) is 9.60. The van der Waals surface area contributed by atoms with Crippen molar-refractivity contribution in [3.05, 3.63) is 18.0 Å². The maximum Gasteiger partial charge on any atom is 0.138 e. The van der Waals surface area contributed by atoms with Gasteiger partial charge < -0.3 is 0 Å². The molecule has 0 atom stereocenters. The lowest BCUT2D eigenvalue weighted by Crippen LogP contribution is -2.51. The summed E-state index contributed by atoms with van der Waals surface area (Å²) in [6.07, 6.45) is 19.0. The molecule has 8 aliphatic carbocycles. The lowest BCUT2D eigenvalue weighted by atomic mass is 9.49. The van der Waals surface area contributed by atoms with Gasteiger partial charge in [-0.05, 0) is 113 Å². The Hall–Kier alpha value is -0.990. The zero-order valence-electron chi connectivity index (χ0n) is 15.9. The quantitative estimate of drug-likeness (QED) is 0.769. The fourth-order valence-corrected chi connectivity index (χ4v) is 9.58. The van der Waals surface area contributed by atoms with Crippen molar-refractivity contribution >= 4 is 0 Å². The monoisotopic (exact) mass is 349 g/mol. The first kappa shape index (κ1) is 15.0. The Balaban J connectivity index is 1.28. The van der Waals surface area contributed by atoms with Crippen molar-refractivity contribution in [2.24, 2.45) is 35.5 Å². The van der Waals surface area contributed by atoms with Crippen LogP contribution in [0.5, 0.6) is 0 Å². The summed E-state index contributed by atoms with van der Waals surface area (Å²) in [5, 5.41) is 0. The zero-order valence-corrected chi connectivity index (χ0v) is 15.9. The minimum Gasteiger partial charge on any atom is -0.221 e. The average molecular weight is 350 g/mol. The van der Waals surface area contributed by atoms with Crippen molar-refractivity contribution < 1.29 is 0 Å². The number of hydrogen-bond acceptors (Lipinski definition) is 3. The summed E-state index contributed by atoms with van der Waals surface area (Å²) in [5.41, 5.74) is 0.628. The molecule has 1 aromatic heterocycles. The van der Waals surface area contributed by atoms with Gasteiger partial charge in [-0.2, -0.15) is 0 Å². The highest BCUT2D eigenvalue weighted by molar-refractivity contribution is 5.22. The van der Waals surface area contributed by atoms with Crippen LogP contribution in [0.25, 0.3) is 0 Å². The lowest BCUT2D eigenvalue weighted by Gasteiger charge is -2.57. The maximum absolute atomic E-state index is 5.33. The predicted octanol–water partition coefficient (Wildman–Crippen LogP) is 4.81. The highest BCUT2D eigenvalue weighted by Gasteiger charge is 2.55. The molecule has 0 radical (unpaired) electrons. The summed E-state index contributed by atoms with van der Waals surface area (Å²) in [6, 6.07) is 0. The third kappa shape index (κ3) is 1.98. The Morgan fingerprint density at radius 1 is 0.538 bits per heavy atom. The van der Waals surface area contributed by atoms with E-state index in [1.165, 1.54) is 88.7 Å². The molecule has 0 unspecified atom stereocenters. The van der Waals surface area contributed by atoms with Crippen molar-refractivity contribution in [1.29, 1.82) is 0 Å². The van der Waals surface area contributed by atoms with Crippen molar-refractivity contribution in [1.82, 2.24) is 15.0 Å². The first-order chi connectivity index (χ1) is 12.7. The van der Waals surface area contributed by atoms with Gasteiger partial charge >= 0.3 is 0 Å². The number of rotatable bonds is 2. The predicted molar refractivity (Wildman–Crippen MR) is 99.5 cm³/mol. The molecule has 26 heavy (non-hydrogen) atoms. The van der Waals surface area contributed by atoms with Crippen LogP contribution in [0.3, 0.4) is 0 Å². The van der Waals surface area contributed by atoms with Gasteiger partial charge in [0.05, 0.1) is 0 Å². The van der Waals surface area contributed by atoms with Gasteiger partial charge in [-0.25, -0.2) is 15.0 Å². The fraction of sp³-hybridized carbons (Fsp3) is 0.870. The van der Waals surface area contributed by atoms with E-state index in [-0.39, 0.29) is 0 Å². The van der Waals surface area contributed by atoms with Gasteiger partial charge in [0, 0.05) is 10.8 Å². The molecule has 0 saturated heterocycles. The first-order valence-electron chi connectivity index (χ1n) is 11.4. The van der Waals surface area contributed by atoms with Crippen molar-refractivity contribution in [3.8, 4) is 0 Å². The standard InChI is InChI=1S/C23H31N3/c1-14-2-16-3-15(1)8-22(7-14,9-16)20-24-13-25-21(26-20)23-10-17-4-18(11-23)6-19(5-17)12-23/h13-19H,1-12H2. The van der Waals surface area contributed by atoms with Crippen molar-refractivity contribution in [3.63, 3.8) is 0 Å². The molecule has 3 nitrogen and oxygen atoms in total. The van der Waals surface area contributed by atoms with Gasteiger partial charge in [0.1, 0.15) is 18.0 Å². The van der Waals surface area contributed by atoms with E-state index in [4.69, 9.17) is 15.0 Å². The summed E-state index contributed by atoms with van der Waals surface area (Å²) in [6.45, 7) is 0. The molecule has 1 heterocycles. The van der Waals surface area contributed by atoms with Crippen LogP contribution >= 0.6 is 0 Å². The average Bonchev–Trinajstić information content (AvgIpc) is 2.60. The van der Waals surface area contributed by atoms with Crippen LogP contribution in [-0.2, 0) is 10.8 Å². The van der Waals surface area contributed by atoms with Crippen LogP contribution in [0.4, 0.5) is 0 Å². The Kier molecular flexibility index (Phi) is 2.82. The Morgan fingerprint density at radius 3 is 1.15 bits per heavy atom. The van der Waals surface area contributed by atoms with E-state index < -0.39 is 0 Å². The Morgan fingerprint density at radius 2 is 0.846 bits per heavy atom. The molecule has 3 heteroatoms. The van der Waals surface area contributed by atoms with Crippen LogP contribution in [0.15, 0.2) is 6.33 Å². The fourth-order valence-electron chi connectivity index (χ4n) is 9.58. The van der Waals surface area contributed by atoms with Crippen LogP contribution in [-0.4, -0.2) is 15.0 Å². The van der Waals surface area contributed by atoms with Crippen molar-refractivity contribution in [2.75, 3.05) is 0 Å². The highest BCUT2D eigenvalue weighted by Crippen LogP contribution is 2.62. The molecule has 9 rings (SSSR count). The second-order valence-electron chi connectivity index (χ2n) is 11.5. The molecule has 0 aliphatic heterocycles. The summed E-state index contributed by atoms with van der Waals surface area (Å²) >= 11 is 0. The second-order valence-corrected chi connectivity index (χ2v) is 11.5. The minimum absolute atomic E-state index is 0.314. The SMILES string of the molecule is c1nc(C23CC4CC(CC(C4)C2)C3)nc(C23CC4CC(CC(C4)C2)C3)n1. The van der Waals surface area contributed by atoms with Gasteiger partial charge in [-0.3, -0.25) is 0 Å². The Labute approximate surface area is 156 Å². The Bertz CT molecular complexity index is 624. The van der Waals surface area contributed by atoms with Crippen LogP contribution in [0.2, 0.25) is 0 Å². The van der Waals surface area contributed by atoms with E-state index in [0.717, 1.165) is 35.5 Å². The van der Waals surface area contributed by atoms with Gasteiger partial charge in [-0.15, -0.1) is 0 Å². The molecule has 0 aromatic carbocycles. The van der Waals surface area contributed by atoms with E-state index >= 15 is 0 Å². The first-order valence-corrected chi connectivity index (χ1v) is 11.4. The molecule has 0 spiro atoms. The normalized spacial score (nSPS) is 53.4. The van der Waals surface area contributed by atoms with Gasteiger partial charge in [0.2, 0.25) is 0 Å². The molecule has 8 saturated carbocycles. The molecule has 8 aliphatic rings. The molecule has 8 bridgehead atoms. The van der Waals surface area contributed by atoms with E-state index in [1.807, 2.05) is 6.33 Å². The number of hydrogen-bond donors (Lipinski definition) is 0. The summed E-state index contributed by atoms with van der Waals surface area (Å²) < 4.78 is 0. The van der Waals surface area contributed by atoms with Crippen LogP contribution < -0.4 is 0 Å². The summed E-state index contributed by atoms with van der Waals surface area (Å²) in [5.74, 6) is 8.17. The second kappa shape index (κ2) is 4.89. The third-order valence-electron chi connectivity index (χ3n) is 9.60. The highest BCUT2D eigenvalue weighted by atomic mass is 15.0. The summed E-state index contributed by atoms with van der Waals surface area (Å²) in [7, 11) is 0. The van der Waals surface area contributed by atoms with Crippen molar-refractivity contribution in [2.45, 2.75) is 87.9 Å². The largest absolute Gasteiger partial charge is 0.221 e. The van der Waals surface area contributed by atoms with E-state index in [2.05, 4.69) is 0 Å². The molecular weight excluding hydrogens is 318 g/mol. The molecule has 0 amide bonds. The molecule has 8 fully saturated rings. The summed E-state index contributed by atoms with van der Waals surface area (Å²) in [4.78, 5) is 15.0. The molecule has 1 aromatic rings. The smallest absolute Gasteiger partial charge is 0.138 e. The van der Waals surface area contributed by atoms with Gasteiger partial charge in [0.25, 0.3) is 0 Å². The molecular formula is C23H31N3. The van der Waals surface area contributed by atoms with E-state index in [0.29, 0.717) is 10.8 Å². The van der Waals surface area contributed by atoms with Crippen LogP contribution in [0.1, 0.15) is 88.7 Å². The van der Waals surface area contributed by atoms with E-state index in [1.54, 1.807) is 0 Å². The lowest BCUT2D eigenvalue weighted by molar-refractivity contribution is -0.0156. The maximum atomic E-state index is 5.33. The van der Waals surface area contributed by atoms with Gasteiger partial charge in [0.15, 0.2) is 0 Å². The number of nitrogens with zero attached hydrogens (tertiary/aromatic N) is 3. The topological polar surface area (TPSA) is 38.7 Å². The van der Waals surface area contributed by atoms with E-state index in [9.17, 15) is 0 Å².